The fraction of sp³-hybridized carbons (Fsp3) is 0.182. The van der Waals surface area contributed by atoms with Crippen molar-refractivity contribution in [2.75, 3.05) is 5.32 Å². The maximum atomic E-state index is 5.94. The number of rotatable bonds is 3. The fourth-order valence-electron chi connectivity index (χ4n) is 1.27. The number of nitrogens with one attached hydrogen (secondary N) is 1. The smallest absolute Gasteiger partial charge is 0.152 e. The van der Waals surface area contributed by atoms with Crippen molar-refractivity contribution in [2.45, 2.75) is 13.5 Å². The number of hydrogen-bond acceptors (Lipinski definition) is 3. The van der Waals surface area contributed by atoms with Crippen molar-refractivity contribution in [2.24, 2.45) is 0 Å². The Morgan fingerprint density at radius 2 is 2.40 bits per heavy atom. The monoisotopic (exact) mass is 222 g/mol. The summed E-state index contributed by atoms with van der Waals surface area (Å²) < 4.78 is 4.97. The van der Waals surface area contributed by atoms with E-state index in [1.807, 2.05) is 19.1 Å². The maximum Gasteiger partial charge on any atom is 0.152 e. The third kappa shape index (κ3) is 2.50. The van der Waals surface area contributed by atoms with Crippen molar-refractivity contribution in [1.29, 1.82) is 0 Å². The third-order valence-corrected chi connectivity index (χ3v) is 2.34. The van der Waals surface area contributed by atoms with Crippen LogP contribution < -0.4 is 5.32 Å². The summed E-state index contributed by atoms with van der Waals surface area (Å²) in [4.78, 5) is 4.06. The Bertz CT molecular complexity index is 440. The zero-order valence-corrected chi connectivity index (χ0v) is 9.08. The van der Waals surface area contributed by atoms with E-state index in [-0.39, 0.29) is 0 Å². The van der Waals surface area contributed by atoms with E-state index < -0.39 is 0 Å². The number of pyridine rings is 1. The molecule has 4 heteroatoms. The van der Waals surface area contributed by atoms with E-state index in [1.54, 1.807) is 18.7 Å². The van der Waals surface area contributed by atoms with Crippen LogP contribution in [0.3, 0.4) is 0 Å². The zero-order valence-electron chi connectivity index (χ0n) is 8.33. The summed E-state index contributed by atoms with van der Waals surface area (Å²) in [5, 5.41) is 3.69. The molecular weight excluding hydrogens is 212 g/mol. The van der Waals surface area contributed by atoms with Crippen LogP contribution in [-0.4, -0.2) is 4.98 Å². The number of aryl methyl sites for hydroxylation is 1. The summed E-state index contributed by atoms with van der Waals surface area (Å²) >= 11 is 5.94. The Morgan fingerprint density at radius 1 is 1.53 bits per heavy atom. The van der Waals surface area contributed by atoms with Crippen LogP contribution in [0.1, 0.15) is 11.1 Å². The van der Waals surface area contributed by atoms with Gasteiger partial charge in [0.15, 0.2) is 5.15 Å². The minimum absolute atomic E-state index is 0.490. The molecule has 15 heavy (non-hydrogen) atoms. The van der Waals surface area contributed by atoms with Crippen molar-refractivity contribution in [3.63, 3.8) is 0 Å². The first kappa shape index (κ1) is 10.1. The summed E-state index contributed by atoms with van der Waals surface area (Å²) in [6.45, 7) is 2.66. The number of halogens is 1. The molecule has 1 N–H and O–H groups in total. The predicted octanol–water partition coefficient (Wildman–Crippen LogP) is 3.25. The van der Waals surface area contributed by atoms with Gasteiger partial charge in [0, 0.05) is 18.3 Å². The number of aromatic nitrogens is 1. The third-order valence-electron chi connectivity index (χ3n) is 2.04. The molecule has 0 saturated heterocycles. The van der Waals surface area contributed by atoms with Crippen LogP contribution in [0.25, 0.3) is 0 Å². The molecule has 0 saturated carbocycles. The molecule has 0 aliphatic rings. The first-order chi connectivity index (χ1) is 7.25. The summed E-state index contributed by atoms with van der Waals surface area (Å²) in [6, 6.07) is 3.87. The van der Waals surface area contributed by atoms with Gasteiger partial charge >= 0.3 is 0 Å². The molecule has 3 nitrogen and oxygen atoms in total. The number of anilines is 1. The van der Waals surface area contributed by atoms with Gasteiger partial charge in [0.2, 0.25) is 0 Å². The number of hydrogen-bond donors (Lipinski definition) is 1. The van der Waals surface area contributed by atoms with E-state index in [4.69, 9.17) is 16.0 Å². The molecular formula is C11H11ClN2O. The molecule has 0 spiro atoms. The first-order valence-electron chi connectivity index (χ1n) is 4.63. The van der Waals surface area contributed by atoms with Gasteiger partial charge in [-0.3, -0.25) is 0 Å². The Balaban J connectivity index is 2.07. The lowest BCUT2D eigenvalue weighted by atomic mass is 10.3. The van der Waals surface area contributed by atoms with E-state index in [0.29, 0.717) is 11.7 Å². The first-order valence-corrected chi connectivity index (χ1v) is 5.00. The molecule has 0 radical (unpaired) electrons. The van der Waals surface area contributed by atoms with E-state index in [2.05, 4.69) is 10.3 Å². The molecule has 0 amide bonds. The van der Waals surface area contributed by atoms with Gasteiger partial charge in [0.25, 0.3) is 0 Å². The second kappa shape index (κ2) is 4.36. The molecule has 2 aromatic heterocycles. The molecule has 2 heterocycles. The van der Waals surface area contributed by atoms with Crippen molar-refractivity contribution < 1.29 is 4.42 Å². The minimum atomic E-state index is 0.490. The Labute approximate surface area is 93.1 Å². The van der Waals surface area contributed by atoms with Gasteiger partial charge in [-0.15, -0.1) is 0 Å². The van der Waals surface area contributed by atoms with Gasteiger partial charge in [-0.05, 0) is 24.6 Å². The van der Waals surface area contributed by atoms with Gasteiger partial charge in [-0.1, -0.05) is 11.6 Å². The summed E-state index contributed by atoms with van der Waals surface area (Å²) in [5.74, 6) is 0. The summed E-state index contributed by atoms with van der Waals surface area (Å²) in [6.07, 6.45) is 5.09. The molecule has 0 aliphatic heterocycles. The molecule has 0 bridgehead atoms. The largest absolute Gasteiger partial charge is 0.472 e. The Morgan fingerprint density at radius 3 is 3.13 bits per heavy atom. The average molecular weight is 223 g/mol. The van der Waals surface area contributed by atoms with E-state index in [1.165, 1.54) is 0 Å². The number of furan rings is 1. The minimum Gasteiger partial charge on any atom is -0.472 e. The van der Waals surface area contributed by atoms with Gasteiger partial charge in [0.05, 0.1) is 18.2 Å². The summed E-state index contributed by atoms with van der Waals surface area (Å²) in [5.41, 5.74) is 3.00. The van der Waals surface area contributed by atoms with Crippen LogP contribution in [-0.2, 0) is 6.54 Å². The van der Waals surface area contributed by atoms with Crippen LogP contribution >= 0.6 is 11.6 Å². The zero-order chi connectivity index (χ0) is 10.7. The van der Waals surface area contributed by atoms with Gasteiger partial charge < -0.3 is 9.73 Å². The van der Waals surface area contributed by atoms with Crippen molar-refractivity contribution in [3.8, 4) is 0 Å². The SMILES string of the molecule is Cc1cnc(Cl)c(NCc2ccoc2)c1. The lowest BCUT2D eigenvalue weighted by molar-refractivity contribution is 0.564. The van der Waals surface area contributed by atoms with Crippen LogP contribution in [0.5, 0.6) is 0 Å². The molecule has 78 valence electrons. The summed E-state index contributed by atoms with van der Waals surface area (Å²) in [7, 11) is 0. The Kier molecular flexibility index (Phi) is 2.92. The van der Waals surface area contributed by atoms with Crippen LogP contribution in [0.15, 0.2) is 35.3 Å². The van der Waals surface area contributed by atoms with Gasteiger partial charge in [0.1, 0.15) is 0 Å². The molecule has 2 rings (SSSR count). The predicted molar refractivity (Wildman–Crippen MR) is 60.0 cm³/mol. The van der Waals surface area contributed by atoms with E-state index in [0.717, 1.165) is 16.8 Å². The molecule has 2 aromatic rings. The highest BCUT2D eigenvalue weighted by molar-refractivity contribution is 6.31. The highest BCUT2D eigenvalue weighted by Crippen LogP contribution is 2.20. The van der Waals surface area contributed by atoms with Gasteiger partial charge in [-0.2, -0.15) is 0 Å². The van der Waals surface area contributed by atoms with Crippen LogP contribution in [0, 0.1) is 6.92 Å². The highest BCUT2D eigenvalue weighted by atomic mass is 35.5. The fourth-order valence-corrected chi connectivity index (χ4v) is 1.44. The van der Waals surface area contributed by atoms with E-state index in [9.17, 15) is 0 Å². The van der Waals surface area contributed by atoms with Crippen molar-refractivity contribution >= 4 is 17.3 Å². The second-order valence-electron chi connectivity index (χ2n) is 3.34. The lowest BCUT2D eigenvalue weighted by Crippen LogP contribution is -1.99. The molecule has 0 aromatic carbocycles. The maximum absolute atomic E-state index is 5.94. The number of nitrogens with zero attached hydrogens (tertiary/aromatic N) is 1. The van der Waals surface area contributed by atoms with Gasteiger partial charge in [-0.25, -0.2) is 4.98 Å². The average Bonchev–Trinajstić information content (AvgIpc) is 2.72. The quantitative estimate of drug-likeness (QED) is 0.811. The normalized spacial score (nSPS) is 10.3. The molecule has 0 unspecified atom stereocenters. The van der Waals surface area contributed by atoms with E-state index >= 15 is 0 Å². The topological polar surface area (TPSA) is 38.1 Å². The van der Waals surface area contributed by atoms with Crippen LogP contribution in [0.4, 0.5) is 5.69 Å². The standard InChI is InChI=1S/C11H11ClN2O/c1-8-4-10(11(12)14-5-8)13-6-9-2-3-15-7-9/h2-5,7,13H,6H2,1H3. The van der Waals surface area contributed by atoms with Crippen molar-refractivity contribution in [3.05, 3.63) is 47.1 Å². The van der Waals surface area contributed by atoms with Crippen LogP contribution in [0.2, 0.25) is 5.15 Å². The van der Waals surface area contributed by atoms with Crippen molar-refractivity contribution in [1.82, 2.24) is 4.98 Å². The highest BCUT2D eigenvalue weighted by Gasteiger charge is 2.01. The molecule has 0 atom stereocenters. The lowest BCUT2D eigenvalue weighted by Gasteiger charge is -2.06. The second-order valence-corrected chi connectivity index (χ2v) is 3.69. The molecule has 0 aliphatic carbocycles. The molecule has 0 fully saturated rings. The Hall–Kier alpha value is -1.48.